The Bertz CT molecular complexity index is 1040. The number of hydrogen-bond donors (Lipinski definition) is 1. The highest BCUT2D eigenvalue weighted by atomic mass is 35.5. The number of nitrogens with zero attached hydrogens (tertiary/aromatic N) is 1. The van der Waals surface area contributed by atoms with Gasteiger partial charge in [0, 0.05) is 21.2 Å². The van der Waals surface area contributed by atoms with Crippen molar-refractivity contribution >= 4 is 35.0 Å². The fraction of sp³-hybridized carbons (Fsp3) is 0.182. The second-order valence-corrected chi connectivity index (χ2v) is 8.31. The molecule has 0 atom stereocenters. The first-order chi connectivity index (χ1) is 13.6. The number of benzene rings is 2. The fourth-order valence-corrected chi connectivity index (χ4v) is 2.98. The van der Waals surface area contributed by atoms with Crippen LogP contribution in [0, 0.1) is 0 Å². The third-order valence-electron chi connectivity index (χ3n) is 4.12. The molecule has 3 aromatic rings. The van der Waals surface area contributed by atoms with Crippen molar-refractivity contribution in [1.29, 1.82) is 0 Å². The molecule has 150 valence electrons. The quantitative estimate of drug-likeness (QED) is 0.530. The fourth-order valence-electron chi connectivity index (χ4n) is 2.66. The molecule has 0 fully saturated rings. The minimum absolute atomic E-state index is 0.0862. The largest absolute Gasteiger partial charge is 0.451 e. The summed E-state index contributed by atoms with van der Waals surface area (Å²) >= 11 is 11.9. The lowest BCUT2D eigenvalue weighted by atomic mass is 10.1. The van der Waals surface area contributed by atoms with Gasteiger partial charge in [-0.3, -0.25) is 15.0 Å². The molecule has 5 nitrogen and oxygen atoms in total. The van der Waals surface area contributed by atoms with Crippen LogP contribution in [-0.2, 0) is 0 Å². The van der Waals surface area contributed by atoms with Gasteiger partial charge in [-0.15, -0.1) is 0 Å². The molecule has 0 aliphatic carbocycles. The summed E-state index contributed by atoms with van der Waals surface area (Å²) in [5, 5.41) is 2.32. The number of hydrogen-bond acceptors (Lipinski definition) is 3. The summed E-state index contributed by atoms with van der Waals surface area (Å²) < 4.78 is 5.68. The van der Waals surface area contributed by atoms with Gasteiger partial charge in [0.15, 0.2) is 5.76 Å². The predicted molar refractivity (Wildman–Crippen MR) is 114 cm³/mol. The molecule has 0 spiro atoms. The molecule has 1 heterocycles. The molecule has 29 heavy (non-hydrogen) atoms. The van der Waals surface area contributed by atoms with Gasteiger partial charge in [-0.25, -0.2) is 5.01 Å². The normalized spacial score (nSPS) is 11.2. The van der Waals surface area contributed by atoms with E-state index in [4.69, 9.17) is 27.6 Å². The van der Waals surface area contributed by atoms with Crippen LogP contribution in [0.2, 0.25) is 10.0 Å². The molecule has 0 unspecified atom stereocenters. The number of halogens is 2. The monoisotopic (exact) mass is 430 g/mol. The van der Waals surface area contributed by atoms with Gasteiger partial charge in [-0.05, 0) is 75.4 Å². The van der Waals surface area contributed by atoms with Gasteiger partial charge in [0.05, 0.1) is 5.54 Å². The van der Waals surface area contributed by atoms with Crippen LogP contribution in [0.3, 0.4) is 0 Å². The second-order valence-electron chi connectivity index (χ2n) is 7.43. The lowest BCUT2D eigenvalue weighted by Crippen LogP contribution is -2.55. The third kappa shape index (κ3) is 5.00. The topological polar surface area (TPSA) is 62.6 Å². The Balaban J connectivity index is 1.82. The summed E-state index contributed by atoms with van der Waals surface area (Å²) in [6, 6.07) is 16.9. The van der Waals surface area contributed by atoms with Crippen molar-refractivity contribution in [2.24, 2.45) is 0 Å². The maximum absolute atomic E-state index is 13.0. The molecule has 0 saturated carbocycles. The standard InChI is InChI=1S/C22H20Cl2N2O3/c1-22(2,3)26(21(28)15-5-4-6-17(24)13-15)25-20(27)19-12-11-18(29-19)14-7-9-16(23)10-8-14/h4-13H,1-3H3,(H,25,27). The molecule has 0 aliphatic heterocycles. The number of nitrogens with one attached hydrogen (secondary N) is 1. The zero-order chi connectivity index (χ0) is 21.2. The lowest BCUT2D eigenvalue weighted by Gasteiger charge is -2.35. The van der Waals surface area contributed by atoms with E-state index in [2.05, 4.69) is 5.43 Å². The lowest BCUT2D eigenvalue weighted by molar-refractivity contribution is 0.0349. The second kappa shape index (κ2) is 8.31. The van der Waals surface area contributed by atoms with E-state index >= 15 is 0 Å². The van der Waals surface area contributed by atoms with E-state index in [1.165, 1.54) is 5.01 Å². The molecule has 2 amide bonds. The highest BCUT2D eigenvalue weighted by Crippen LogP contribution is 2.24. The van der Waals surface area contributed by atoms with Crippen LogP contribution < -0.4 is 5.43 Å². The van der Waals surface area contributed by atoms with Crippen molar-refractivity contribution in [3.63, 3.8) is 0 Å². The van der Waals surface area contributed by atoms with E-state index < -0.39 is 11.4 Å². The number of rotatable bonds is 3. The number of carbonyl (C=O) groups is 2. The molecule has 1 N–H and O–H groups in total. The van der Waals surface area contributed by atoms with E-state index in [0.717, 1.165) is 5.56 Å². The number of hydrazine groups is 1. The molecule has 3 rings (SSSR count). The number of furan rings is 1. The SMILES string of the molecule is CC(C)(C)N(NC(=O)c1ccc(-c2ccc(Cl)cc2)o1)C(=O)c1cccc(Cl)c1. The van der Waals surface area contributed by atoms with Gasteiger partial charge in [0.25, 0.3) is 5.91 Å². The zero-order valence-electron chi connectivity index (χ0n) is 16.2. The van der Waals surface area contributed by atoms with Crippen molar-refractivity contribution in [2.75, 3.05) is 0 Å². The van der Waals surface area contributed by atoms with Crippen LogP contribution in [0.4, 0.5) is 0 Å². The van der Waals surface area contributed by atoms with Crippen LogP contribution in [0.5, 0.6) is 0 Å². The summed E-state index contributed by atoms with van der Waals surface area (Å²) in [5.41, 5.74) is 3.13. The molecule has 0 radical (unpaired) electrons. The Kier molecular flexibility index (Phi) is 6.01. The van der Waals surface area contributed by atoms with Crippen molar-refractivity contribution < 1.29 is 14.0 Å². The molecule has 1 aromatic heterocycles. The van der Waals surface area contributed by atoms with Gasteiger partial charge in [-0.2, -0.15) is 0 Å². The van der Waals surface area contributed by atoms with Crippen LogP contribution in [-0.4, -0.2) is 22.4 Å². The van der Waals surface area contributed by atoms with Crippen LogP contribution in [0.1, 0.15) is 41.7 Å². The summed E-state index contributed by atoms with van der Waals surface area (Å²) in [4.78, 5) is 25.7. The maximum Gasteiger partial charge on any atom is 0.305 e. The Hall–Kier alpha value is -2.76. The Morgan fingerprint density at radius 3 is 2.24 bits per heavy atom. The van der Waals surface area contributed by atoms with Gasteiger partial charge < -0.3 is 4.42 Å². The highest BCUT2D eigenvalue weighted by molar-refractivity contribution is 6.31. The average Bonchev–Trinajstić information content (AvgIpc) is 3.15. The average molecular weight is 431 g/mol. The highest BCUT2D eigenvalue weighted by Gasteiger charge is 2.30. The van der Waals surface area contributed by atoms with E-state index in [1.807, 2.05) is 20.8 Å². The molecule has 7 heteroatoms. The molecule has 0 aliphatic rings. The van der Waals surface area contributed by atoms with E-state index in [-0.39, 0.29) is 11.7 Å². The molecule has 0 saturated heterocycles. The van der Waals surface area contributed by atoms with Crippen LogP contribution in [0.25, 0.3) is 11.3 Å². The van der Waals surface area contributed by atoms with Gasteiger partial charge in [0.2, 0.25) is 0 Å². The molecular formula is C22H20Cl2N2O3. The third-order valence-corrected chi connectivity index (χ3v) is 4.60. The Morgan fingerprint density at radius 1 is 0.931 bits per heavy atom. The van der Waals surface area contributed by atoms with Gasteiger partial charge in [-0.1, -0.05) is 29.3 Å². The predicted octanol–water partition coefficient (Wildman–Crippen LogP) is 5.84. The van der Waals surface area contributed by atoms with Crippen LogP contribution in [0.15, 0.2) is 65.1 Å². The van der Waals surface area contributed by atoms with Crippen LogP contribution >= 0.6 is 23.2 Å². The molecule has 2 aromatic carbocycles. The number of amides is 2. The summed E-state index contributed by atoms with van der Waals surface area (Å²) in [7, 11) is 0. The summed E-state index contributed by atoms with van der Waals surface area (Å²) in [5.74, 6) is -0.299. The van der Waals surface area contributed by atoms with E-state index in [0.29, 0.717) is 21.4 Å². The minimum Gasteiger partial charge on any atom is -0.451 e. The molecule has 0 bridgehead atoms. The van der Waals surface area contributed by atoms with E-state index in [9.17, 15) is 9.59 Å². The molecular weight excluding hydrogens is 411 g/mol. The van der Waals surface area contributed by atoms with E-state index in [1.54, 1.807) is 60.7 Å². The first-order valence-corrected chi connectivity index (χ1v) is 9.67. The van der Waals surface area contributed by atoms with Crippen molar-refractivity contribution in [3.8, 4) is 11.3 Å². The smallest absolute Gasteiger partial charge is 0.305 e. The van der Waals surface area contributed by atoms with Gasteiger partial charge in [0.1, 0.15) is 5.76 Å². The zero-order valence-corrected chi connectivity index (χ0v) is 17.7. The number of carbonyl (C=O) groups excluding carboxylic acids is 2. The minimum atomic E-state index is -0.680. The summed E-state index contributed by atoms with van der Waals surface area (Å²) in [6.07, 6.45) is 0. The van der Waals surface area contributed by atoms with Crippen molar-refractivity contribution in [3.05, 3.63) is 82.0 Å². The first-order valence-electron chi connectivity index (χ1n) is 8.92. The summed E-state index contributed by atoms with van der Waals surface area (Å²) in [6.45, 7) is 5.45. The van der Waals surface area contributed by atoms with Gasteiger partial charge >= 0.3 is 5.91 Å². The Morgan fingerprint density at radius 2 is 1.62 bits per heavy atom. The maximum atomic E-state index is 13.0. The van der Waals surface area contributed by atoms with Crippen molar-refractivity contribution in [2.45, 2.75) is 26.3 Å². The van der Waals surface area contributed by atoms with Crippen molar-refractivity contribution in [1.82, 2.24) is 10.4 Å². The first kappa shape index (κ1) is 21.0. The Labute approximate surface area is 179 Å².